The molecule has 17 heavy (non-hydrogen) atoms. The van der Waals surface area contributed by atoms with E-state index < -0.39 is 0 Å². The van der Waals surface area contributed by atoms with Gasteiger partial charge < -0.3 is 10.1 Å². The average molecular weight is 233 g/mol. The molecule has 0 radical (unpaired) electrons. The van der Waals surface area contributed by atoms with Crippen LogP contribution in [0.15, 0.2) is 24.3 Å². The smallest absolute Gasteiger partial charge is 0.224 e. The number of ether oxygens (including phenoxy) is 1. The van der Waals surface area contributed by atoms with E-state index in [1.807, 2.05) is 31.2 Å². The first-order valence-corrected chi connectivity index (χ1v) is 6.23. The standard InChI is InChI=1S/C14H19NO2/c1-11-5-2-3-7-13(11)15-14(16)9-8-12-6-4-10-17-12/h2-3,5,7,12H,4,6,8-10H2,1H3,(H,15,16). The van der Waals surface area contributed by atoms with Crippen molar-refractivity contribution in [3.63, 3.8) is 0 Å². The van der Waals surface area contributed by atoms with Gasteiger partial charge >= 0.3 is 0 Å². The number of hydrogen-bond acceptors (Lipinski definition) is 2. The summed E-state index contributed by atoms with van der Waals surface area (Å²) in [5.74, 6) is 0.0785. The van der Waals surface area contributed by atoms with Crippen LogP contribution in [0, 0.1) is 6.92 Å². The van der Waals surface area contributed by atoms with E-state index >= 15 is 0 Å². The van der Waals surface area contributed by atoms with Gasteiger partial charge in [-0.05, 0) is 37.8 Å². The number of nitrogens with one attached hydrogen (secondary N) is 1. The Kier molecular flexibility index (Phi) is 4.15. The number of anilines is 1. The minimum Gasteiger partial charge on any atom is -0.378 e. The van der Waals surface area contributed by atoms with Gasteiger partial charge in [0.25, 0.3) is 0 Å². The Morgan fingerprint density at radius 1 is 1.47 bits per heavy atom. The lowest BCUT2D eigenvalue weighted by atomic mass is 10.1. The molecule has 3 heteroatoms. The Morgan fingerprint density at radius 2 is 2.29 bits per heavy atom. The third-order valence-electron chi connectivity index (χ3n) is 3.14. The van der Waals surface area contributed by atoms with Crippen molar-refractivity contribution in [3.05, 3.63) is 29.8 Å². The Morgan fingerprint density at radius 3 is 3.00 bits per heavy atom. The Bertz CT molecular complexity index is 384. The summed E-state index contributed by atoms with van der Waals surface area (Å²) in [6.45, 7) is 2.85. The van der Waals surface area contributed by atoms with Crippen molar-refractivity contribution in [2.75, 3.05) is 11.9 Å². The number of carbonyl (C=O) groups is 1. The molecule has 1 unspecified atom stereocenters. The van der Waals surface area contributed by atoms with Crippen LogP contribution in [-0.2, 0) is 9.53 Å². The van der Waals surface area contributed by atoms with E-state index in [2.05, 4.69) is 5.32 Å². The second-order valence-corrected chi connectivity index (χ2v) is 4.54. The van der Waals surface area contributed by atoms with Gasteiger partial charge in [-0.1, -0.05) is 18.2 Å². The molecule has 0 aliphatic carbocycles. The molecule has 1 heterocycles. The second-order valence-electron chi connectivity index (χ2n) is 4.54. The normalized spacial score (nSPS) is 19.2. The maximum atomic E-state index is 11.8. The average Bonchev–Trinajstić information content (AvgIpc) is 2.82. The fourth-order valence-corrected chi connectivity index (χ4v) is 2.09. The predicted octanol–water partition coefficient (Wildman–Crippen LogP) is 2.89. The van der Waals surface area contributed by atoms with Gasteiger partial charge in [-0.2, -0.15) is 0 Å². The quantitative estimate of drug-likeness (QED) is 0.868. The molecule has 0 aromatic heterocycles. The zero-order chi connectivity index (χ0) is 12.1. The van der Waals surface area contributed by atoms with Crippen molar-refractivity contribution < 1.29 is 9.53 Å². The maximum absolute atomic E-state index is 11.8. The van der Waals surface area contributed by atoms with Crippen LogP contribution >= 0.6 is 0 Å². The topological polar surface area (TPSA) is 38.3 Å². The summed E-state index contributed by atoms with van der Waals surface area (Å²) in [5, 5.41) is 2.94. The van der Waals surface area contributed by atoms with Gasteiger partial charge in [0.2, 0.25) is 5.91 Å². The summed E-state index contributed by atoms with van der Waals surface area (Å²) < 4.78 is 5.50. The van der Waals surface area contributed by atoms with E-state index in [-0.39, 0.29) is 12.0 Å². The fraction of sp³-hybridized carbons (Fsp3) is 0.500. The first-order chi connectivity index (χ1) is 8.25. The zero-order valence-corrected chi connectivity index (χ0v) is 10.2. The Balaban J connectivity index is 1.79. The van der Waals surface area contributed by atoms with Crippen molar-refractivity contribution in [1.29, 1.82) is 0 Å². The van der Waals surface area contributed by atoms with Gasteiger partial charge in [-0.3, -0.25) is 4.79 Å². The van der Waals surface area contributed by atoms with Crippen LogP contribution in [0.5, 0.6) is 0 Å². The van der Waals surface area contributed by atoms with Crippen molar-refractivity contribution in [2.45, 2.75) is 38.7 Å². The molecular formula is C14H19NO2. The van der Waals surface area contributed by atoms with Crippen molar-refractivity contribution in [1.82, 2.24) is 0 Å². The molecule has 3 nitrogen and oxygen atoms in total. The molecule has 1 atom stereocenters. The van der Waals surface area contributed by atoms with Crippen LogP contribution < -0.4 is 5.32 Å². The molecule has 0 spiro atoms. The van der Waals surface area contributed by atoms with E-state index in [0.717, 1.165) is 37.1 Å². The molecule has 1 fully saturated rings. The molecule has 1 aliphatic heterocycles. The van der Waals surface area contributed by atoms with E-state index in [9.17, 15) is 4.79 Å². The molecule has 1 N–H and O–H groups in total. The van der Waals surface area contributed by atoms with E-state index in [1.165, 1.54) is 0 Å². The summed E-state index contributed by atoms with van der Waals surface area (Å²) in [6, 6.07) is 7.83. The number of para-hydroxylation sites is 1. The highest BCUT2D eigenvalue weighted by Gasteiger charge is 2.16. The summed E-state index contributed by atoms with van der Waals surface area (Å²) in [6.07, 6.45) is 3.89. The summed E-state index contributed by atoms with van der Waals surface area (Å²) in [7, 11) is 0. The van der Waals surface area contributed by atoms with Gasteiger partial charge in [0, 0.05) is 18.7 Å². The largest absolute Gasteiger partial charge is 0.378 e. The highest BCUT2D eigenvalue weighted by molar-refractivity contribution is 5.91. The summed E-state index contributed by atoms with van der Waals surface area (Å²) in [5.41, 5.74) is 2.00. The lowest BCUT2D eigenvalue weighted by Gasteiger charge is -2.10. The SMILES string of the molecule is Cc1ccccc1NC(=O)CCC1CCCO1. The molecule has 1 aromatic carbocycles. The molecule has 0 saturated carbocycles. The number of amides is 1. The Hall–Kier alpha value is -1.35. The van der Waals surface area contributed by atoms with Crippen LogP contribution in [-0.4, -0.2) is 18.6 Å². The van der Waals surface area contributed by atoms with Gasteiger partial charge in [0.1, 0.15) is 0 Å². The number of aryl methyl sites for hydroxylation is 1. The molecule has 1 saturated heterocycles. The van der Waals surface area contributed by atoms with E-state index in [0.29, 0.717) is 6.42 Å². The maximum Gasteiger partial charge on any atom is 0.224 e. The minimum absolute atomic E-state index is 0.0785. The molecule has 1 amide bonds. The molecule has 92 valence electrons. The monoisotopic (exact) mass is 233 g/mol. The van der Waals surface area contributed by atoms with Crippen LogP contribution in [0.1, 0.15) is 31.2 Å². The summed E-state index contributed by atoms with van der Waals surface area (Å²) in [4.78, 5) is 11.8. The zero-order valence-electron chi connectivity index (χ0n) is 10.2. The lowest BCUT2D eigenvalue weighted by molar-refractivity contribution is -0.116. The van der Waals surface area contributed by atoms with Crippen LogP contribution in [0.4, 0.5) is 5.69 Å². The minimum atomic E-state index is 0.0785. The van der Waals surface area contributed by atoms with Gasteiger partial charge in [-0.25, -0.2) is 0 Å². The third-order valence-corrected chi connectivity index (χ3v) is 3.14. The molecule has 0 bridgehead atoms. The van der Waals surface area contributed by atoms with Gasteiger partial charge in [-0.15, -0.1) is 0 Å². The number of benzene rings is 1. The summed E-state index contributed by atoms with van der Waals surface area (Å²) >= 11 is 0. The first-order valence-electron chi connectivity index (χ1n) is 6.23. The van der Waals surface area contributed by atoms with Crippen LogP contribution in [0.3, 0.4) is 0 Å². The number of carbonyl (C=O) groups excluding carboxylic acids is 1. The second kappa shape index (κ2) is 5.82. The predicted molar refractivity (Wildman–Crippen MR) is 68.0 cm³/mol. The molecular weight excluding hydrogens is 214 g/mol. The first kappa shape index (κ1) is 12.1. The van der Waals surface area contributed by atoms with Crippen LogP contribution in [0.25, 0.3) is 0 Å². The molecule has 1 aliphatic rings. The number of hydrogen-bond donors (Lipinski definition) is 1. The van der Waals surface area contributed by atoms with Crippen molar-refractivity contribution >= 4 is 11.6 Å². The van der Waals surface area contributed by atoms with Crippen molar-refractivity contribution in [2.24, 2.45) is 0 Å². The lowest BCUT2D eigenvalue weighted by Crippen LogP contribution is -2.15. The number of rotatable bonds is 4. The third kappa shape index (κ3) is 3.56. The highest BCUT2D eigenvalue weighted by Crippen LogP contribution is 2.18. The van der Waals surface area contributed by atoms with Gasteiger partial charge in [0.15, 0.2) is 0 Å². The van der Waals surface area contributed by atoms with E-state index in [4.69, 9.17) is 4.74 Å². The highest BCUT2D eigenvalue weighted by atomic mass is 16.5. The fourth-order valence-electron chi connectivity index (χ4n) is 2.09. The molecule has 1 aromatic rings. The van der Waals surface area contributed by atoms with Gasteiger partial charge in [0.05, 0.1) is 6.10 Å². The molecule has 2 rings (SSSR count). The van der Waals surface area contributed by atoms with Crippen molar-refractivity contribution in [3.8, 4) is 0 Å². The van der Waals surface area contributed by atoms with Crippen LogP contribution in [0.2, 0.25) is 0 Å². The Labute approximate surface area is 102 Å². The van der Waals surface area contributed by atoms with E-state index in [1.54, 1.807) is 0 Å².